The standard InChI is InChI=1S/C21H27BrN2O2/c1-3-24(4-2)14-13-23-21(25)19-16-18(22)10-11-20(19)26-15-12-17-8-6-5-7-9-17/h5-11,16H,3-4,12-15H2,1-2H3,(H,23,25). The van der Waals surface area contributed by atoms with E-state index in [4.69, 9.17) is 4.74 Å². The summed E-state index contributed by atoms with van der Waals surface area (Å²) in [5.74, 6) is 0.512. The number of hydrogen-bond donors (Lipinski definition) is 1. The van der Waals surface area contributed by atoms with Crippen LogP contribution in [0.3, 0.4) is 0 Å². The van der Waals surface area contributed by atoms with Crippen molar-refractivity contribution in [3.05, 3.63) is 64.1 Å². The summed E-state index contributed by atoms with van der Waals surface area (Å²) in [7, 11) is 0. The van der Waals surface area contributed by atoms with Gasteiger partial charge in [0, 0.05) is 24.0 Å². The van der Waals surface area contributed by atoms with E-state index >= 15 is 0 Å². The lowest BCUT2D eigenvalue weighted by molar-refractivity contribution is 0.0945. The maximum Gasteiger partial charge on any atom is 0.255 e. The van der Waals surface area contributed by atoms with Gasteiger partial charge in [-0.05, 0) is 36.9 Å². The summed E-state index contributed by atoms with van der Waals surface area (Å²) >= 11 is 3.44. The van der Waals surface area contributed by atoms with Crippen molar-refractivity contribution in [2.24, 2.45) is 0 Å². The molecule has 1 N–H and O–H groups in total. The fourth-order valence-electron chi connectivity index (χ4n) is 2.69. The smallest absolute Gasteiger partial charge is 0.255 e. The van der Waals surface area contributed by atoms with Crippen molar-refractivity contribution in [2.75, 3.05) is 32.8 Å². The van der Waals surface area contributed by atoms with Gasteiger partial charge in [0.1, 0.15) is 5.75 Å². The average molecular weight is 419 g/mol. The molecule has 0 saturated carbocycles. The summed E-state index contributed by atoms with van der Waals surface area (Å²) in [6.45, 7) is 8.21. The minimum atomic E-state index is -0.104. The van der Waals surface area contributed by atoms with Crippen LogP contribution in [0.25, 0.3) is 0 Å². The second kappa shape index (κ2) is 11.0. The van der Waals surface area contributed by atoms with Crippen LogP contribution in [0.5, 0.6) is 5.75 Å². The summed E-state index contributed by atoms with van der Waals surface area (Å²) < 4.78 is 6.76. The highest BCUT2D eigenvalue weighted by atomic mass is 79.9. The predicted molar refractivity (Wildman–Crippen MR) is 110 cm³/mol. The maximum atomic E-state index is 12.6. The van der Waals surface area contributed by atoms with E-state index in [9.17, 15) is 4.79 Å². The number of carbonyl (C=O) groups excluding carboxylic acids is 1. The SMILES string of the molecule is CCN(CC)CCNC(=O)c1cc(Br)ccc1OCCc1ccccc1. The topological polar surface area (TPSA) is 41.6 Å². The Morgan fingerprint density at radius 2 is 1.85 bits per heavy atom. The van der Waals surface area contributed by atoms with Gasteiger partial charge < -0.3 is 15.0 Å². The molecule has 26 heavy (non-hydrogen) atoms. The van der Waals surface area contributed by atoms with Crippen molar-refractivity contribution in [1.82, 2.24) is 10.2 Å². The molecule has 0 fully saturated rings. The van der Waals surface area contributed by atoms with Crippen LogP contribution in [-0.4, -0.2) is 43.6 Å². The number of hydrogen-bond acceptors (Lipinski definition) is 3. The van der Waals surface area contributed by atoms with Gasteiger partial charge in [-0.25, -0.2) is 0 Å². The van der Waals surface area contributed by atoms with Gasteiger partial charge in [0.15, 0.2) is 0 Å². The number of likely N-dealkylation sites (N-methyl/N-ethyl adjacent to an activating group) is 1. The fourth-order valence-corrected chi connectivity index (χ4v) is 3.05. The minimum absolute atomic E-state index is 0.104. The van der Waals surface area contributed by atoms with E-state index in [1.807, 2.05) is 36.4 Å². The third-order valence-corrected chi connectivity index (χ3v) is 4.78. The number of halogens is 1. The maximum absolute atomic E-state index is 12.6. The molecule has 0 aromatic heterocycles. The lowest BCUT2D eigenvalue weighted by atomic mass is 10.1. The van der Waals surface area contributed by atoms with Gasteiger partial charge in [0.25, 0.3) is 5.91 Å². The molecule has 0 aliphatic rings. The highest BCUT2D eigenvalue weighted by molar-refractivity contribution is 9.10. The predicted octanol–water partition coefficient (Wildman–Crippen LogP) is 4.14. The van der Waals surface area contributed by atoms with Gasteiger partial charge in [-0.2, -0.15) is 0 Å². The van der Waals surface area contributed by atoms with Crippen molar-refractivity contribution < 1.29 is 9.53 Å². The van der Waals surface area contributed by atoms with Crippen LogP contribution in [0.1, 0.15) is 29.8 Å². The van der Waals surface area contributed by atoms with E-state index in [-0.39, 0.29) is 5.91 Å². The number of benzene rings is 2. The molecule has 0 aliphatic heterocycles. The van der Waals surface area contributed by atoms with Crippen LogP contribution in [0.15, 0.2) is 53.0 Å². The Balaban J connectivity index is 1.94. The molecule has 0 atom stereocenters. The van der Waals surface area contributed by atoms with Crippen LogP contribution in [0.2, 0.25) is 0 Å². The van der Waals surface area contributed by atoms with Crippen molar-refractivity contribution in [1.29, 1.82) is 0 Å². The summed E-state index contributed by atoms with van der Waals surface area (Å²) in [5.41, 5.74) is 1.78. The van der Waals surface area contributed by atoms with Crippen LogP contribution < -0.4 is 10.1 Å². The first-order valence-corrected chi connectivity index (χ1v) is 9.90. The molecule has 2 rings (SSSR count). The molecule has 2 aromatic carbocycles. The highest BCUT2D eigenvalue weighted by Gasteiger charge is 2.13. The van der Waals surface area contributed by atoms with Crippen molar-refractivity contribution in [2.45, 2.75) is 20.3 Å². The summed E-state index contributed by atoms with van der Waals surface area (Å²) in [5, 5.41) is 2.99. The first-order valence-electron chi connectivity index (χ1n) is 9.10. The summed E-state index contributed by atoms with van der Waals surface area (Å²) in [6, 6.07) is 15.7. The van der Waals surface area contributed by atoms with Crippen molar-refractivity contribution in [3.63, 3.8) is 0 Å². The largest absolute Gasteiger partial charge is 0.492 e. The zero-order valence-corrected chi connectivity index (χ0v) is 17.1. The molecule has 0 spiro atoms. The lowest BCUT2D eigenvalue weighted by Gasteiger charge is -2.18. The van der Waals surface area contributed by atoms with Gasteiger partial charge >= 0.3 is 0 Å². The number of carbonyl (C=O) groups is 1. The number of nitrogens with zero attached hydrogens (tertiary/aromatic N) is 1. The number of ether oxygens (including phenoxy) is 1. The molecule has 140 valence electrons. The number of rotatable bonds is 10. The molecule has 0 heterocycles. The highest BCUT2D eigenvalue weighted by Crippen LogP contribution is 2.23. The van der Waals surface area contributed by atoms with Crippen LogP contribution >= 0.6 is 15.9 Å². The first-order chi connectivity index (χ1) is 12.6. The second-order valence-corrected chi connectivity index (χ2v) is 6.92. The average Bonchev–Trinajstić information content (AvgIpc) is 2.67. The molecule has 5 heteroatoms. The van der Waals surface area contributed by atoms with Gasteiger partial charge in [0.2, 0.25) is 0 Å². The van der Waals surface area contributed by atoms with Crippen LogP contribution in [-0.2, 0) is 6.42 Å². The van der Waals surface area contributed by atoms with E-state index in [1.165, 1.54) is 5.56 Å². The van der Waals surface area contributed by atoms with Gasteiger partial charge in [0.05, 0.1) is 12.2 Å². The number of amides is 1. The molecule has 0 aliphatic carbocycles. The van der Waals surface area contributed by atoms with Crippen molar-refractivity contribution in [3.8, 4) is 5.75 Å². The fraction of sp³-hybridized carbons (Fsp3) is 0.381. The molecule has 1 amide bonds. The normalized spacial score (nSPS) is 10.8. The van der Waals surface area contributed by atoms with Crippen molar-refractivity contribution >= 4 is 21.8 Å². The third-order valence-electron chi connectivity index (χ3n) is 4.29. The van der Waals surface area contributed by atoms with Crippen LogP contribution in [0, 0.1) is 0 Å². The van der Waals surface area contributed by atoms with Gasteiger partial charge in [-0.15, -0.1) is 0 Å². The molecular weight excluding hydrogens is 392 g/mol. The Hall–Kier alpha value is -1.85. The van der Waals surface area contributed by atoms with E-state index in [1.54, 1.807) is 0 Å². The van der Waals surface area contributed by atoms with E-state index in [2.05, 4.69) is 52.1 Å². The van der Waals surface area contributed by atoms with E-state index in [0.717, 1.165) is 30.5 Å². The quantitative estimate of drug-likeness (QED) is 0.630. The Morgan fingerprint density at radius 1 is 1.12 bits per heavy atom. The molecule has 0 unspecified atom stereocenters. The zero-order chi connectivity index (χ0) is 18.8. The molecule has 0 bridgehead atoms. The van der Waals surface area contributed by atoms with Crippen LogP contribution in [0.4, 0.5) is 0 Å². The molecule has 4 nitrogen and oxygen atoms in total. The number of nitrogens with one attached hydrogen (secondary N) is 1. The Bertz CT molecular complexity index is 688. The Labute approximate surface area is 164 Å². The molecule has 2 aromatic rings. The Morgan fingerprint density at radius 3 is 2.54 bits per heavy atom. The molecule has 0 radical (unpaired) electrons. The summed E-state index contributed by atoms with van der Waals surface area (Å²) in [6.07, 6.45) is 0.805. The second-order valence-electron chi connectivity index (χ2n) is 6.01. The monoisotopic (exact) mass is 418 g/mol. The first kappa shape index (κ1) is 20.5. The lowest BCUT2D eigenvalue weighted by Crippen LogP contribution is -2.35. The summed E-state index contributed by atoms with van der Waals surface area (Å²) in [4.78, 5) is 14.9. The molecular formula is C21H27BrN2O2. The minimum Gasteiger partial charge on any atom is -0.492 e. The van der Waals surface area contributed by atoms with E-state index in [0.29, 0.717) is 24.5 Å². The van der Waals surface area contributed by atoms with E-state index < -0.39 is 0 Å². The Kier molecular flexibility index (Phi) is 8.65. The molecule has 0 saturated heterocycles. The zero-order valence-electron chi connectivity index (χ0n) is 15.5. The van der Waals surface area contributed by atoms with Gasteiger partial charge in [-0.3, -0.25) is 4.79 Å². The van der Waals surface area contributed by atoms with Gasteiger partial charge in [-0.1, -0.05) is 60.1 Å². The third kappa shape index (κ3) is 6.46.